The maximum Gasteiger partial charge on any atom is 0.233 e. The van der Waals surface area contributed by atoms with Crippen LogP contribution in [-0.4, -0.2) is 34.7 Å². The number of hydrogen-bond donors (Lipinski definition) is 2. The Labute approximate surface area is 115 Å². The van der Waals surface area contributed by atoms with Gasteiger partial charge in [0.1, 0.15) is 0 Å². The standard InChI is InChI=1S/C14H27NO2S/c1-3-4-9-18-11(2)14(17)15-13-7-5-12(10-16)6-8-13/h11-13,16H,3-10H2,1-2H3,(H,15,17). The Bertz CT molecular complexity index is 240. The van der Waals surface area contributed by atoms with Crippen molar-refractivity contribution in [1.82, 2.24) is 5.32 Å². The number of thioether (sulfide) groups is 1. The monoisotopic (exact) mass is 273 g/mol. The molecule has 0 aromatic heterocycles. The van der Waals surface area contributed by atoms with Crippen molar-refractivity contribution in [2.45, 2.75) is 63.7 Å². The number of aliphatic hydroxyl groups is 1. The molecule has 0 saturated heterocycles. The molecule has 0 spiro atoms. The molecule has 1 unspecified atom stereocenters. The summed E-state index contributed by atoms with van der Waals surface area (Å²) in [6, 6.07) is 0.328. The lowest BCUT2D eigenvalue weighted by atomic mass is 9.86. The number of unbranched alkanes of at least 4 members (excludes halogenated alkanes) is 1. The van der Waals surface area contributed by atoms with Crippen LogP contribution in [0.2, 0.25) is 0 Å². The Kier molecular flexibility index (Phi) is 7.75. The van der Waals surface area contributed by atoms with Gasteiger partial charge in [-0.2, -0.15) is 0 Å². The van der Waals surface area contributed by atoms with Gasteiger partial charge in [-0.05, 0) is 50.7 Å². The van der Waals surface area contributed by atoms with Gasteiger partial charge in [-0.1, -0.05) is 13.3 Å². The van der Waals surface area contributed by atoms with E-state index in [0.29, 0.717) is 18.6 Å². The summed E-state index contributed by atoms with van der Waals surface area (Å²) in [7, 11) is 0. The zero-order valence-corrected chi connectivity index (χ0v) is 12.5. The largest absolute Gasteiger partial charge is 0.396 e. The zero-order valence-electron chi connectivity index (χ0n) is 11.7. The van der Waals surface area contributed by atoms with Crippen LogP contribution >= 0.6 is 11.8 Å². The summed E-state index contributed by atoms with van der Waals surface area (Å²) in [5.74, 6) is 1.71. The maximum absolute atomic E-state index is 12.0. The van der Waals surface area contributed by atoms with Crippen molar-refractivity contribution in [1.29, 1.82) is 0 Å². The van der Waals surface area contributed by atoms with Crippen LogP contribution in [0.1, 0.15) is 52.4 Å². The van der Waals surface area contributed by atoms with E-state index in [1.54, 1.807) is 11.8 Å². The fourth-order valence-electron chi connectivity index (χ4n) is 2.29. The number of aliphatic hydroxyl groups excluding tert-OH is 1. The van der Waals surface area contributed by atoms with Crippen molar-refractivity contribution >= 4 is 17.7 Å². The average Bonchev–Trinajstić information content (AvgIpc) is 2.39. The van der Waals surface area contributed by atoms with Gasteiger partial charge in [0, 0.05) is 12.6 Å². The number of carbonyl (C=O) groups is 1. The van der Waals surface area contributed by atoms with E-state index >= 15 is 0 Å². The van der Waals surface area contributed by atoms with Crippen LogP contribution in [0.25, 0.3) is 0 Å². The molecule has 1 fully saturated rings. The van der Waals surface area contributed by atoms with Crippen LogP contribution in [0.4, 0.5) is 0 Å². The highest BCUT2D eigenvalue weighted by Crippen LogP contribution is 2.24. The van der Waals surface area contributed by atoms with Crippen LogP contribution in [0.5, 0.6) is 0 Å². The number of carbonyl (C=O) groups excluding carboxylic acids is 1. The van der Waals surface area contributed by atoms with Crippen LogP contribution < -0.4 is 5.32 Å². The summed E-state index contributed by atoms with van der Waals surface area (Å²) < 4.78 is 0. The minimum Gasteiger partial charge on any atom is -0.396 e. The lowest BCUT2D eigenvalue weighted by Gasteiger charge is -2.28. The van der Waals surface area contributed by atoms with Crippen molar-refractivity contribution in [2.24, 2.45) is 5.92 Å². The summed E-state index contributed by atoms with van der Waals surface area (Å²) >= 11 is 1.75. The van der Waals surface area contributed by atoms with Crippen molar-refractivity contribution in [3.05, 3.63) is 0 Å². The van der Waals surface area contributed by atoms with Crippen LogP contribution in [0.15, 0.2) is 0 Å². The summed E-state index contributed by atoms with van der Waals surface area (Å²) in [5.41, 5.74) is 0. The van der Waals surface area contributed by atoms with E-state index in [0.717, 1.165) is 31.4 Å². The van der Waals surface area contributed by atoms with Gasteiger partial charge in [-0.3, -0.25) is 4.79 Å². The molecule has 1 saturated carbocycles. The third-order valence-corrected chi connectivity index (χ3v) is 4.92. The number of rotatable bonds is 7. The molecule has 3 nitrogen and oxygen atoms in total. The molecule has 0 aromatic rings. The zero-order chi connectivity index (χ0) is 13.4. The molecule has 1 aliphatic rings. The highest BCUT2D eigenvalue weighted by Gasteiger charge is 2.23. The number of amides is 1. The molecule has 106 valence electrons. The SMILES string of the molecule is CCCCSC(C)C(=O)NC1CCC(CO)CC1. The van der Waals surface area contributed by atoms with Gasteiger partial charge in [-0.15, -0.1) is 11.8 Å². The smallest absolute Gasteiger partial charge is 0.233 e. The molecule has 2 N–H and O–H groups in total. The van der Waals surface area contributed by atoms with E-state index in [2.05, 4.69) is 12.2 Å². The first-order chi connectivity index (χ1) is 8.67. The fourth-order valence-corrected chi connectivity index (χ4v) is 3.32. The highest BCUT2D eigenvalue weighted by atomic mass is 32.2. The fraction of sp³-hybridized carbons (Fsp3) is 0.929. The molecule has 1 amide bonds. The molecular formula is C14H27NO2S. The normalized spacial score (nSPS) is 25.7. The minimum absolute atomic E-state index is 0.0621. The minimum atomic E-state index is 0.0621. The quantitative estimate of drug-likeness (QED) is 0.701. The Morgan fingerprint density at radius 1 is 1.39 bits per heavy atom. The van der Waals surface area contributed by atoms with Crippen LogP contribution in [0.3, 0.4) is 0 Å². The first-order valence-corrected chi connectivity index (χ1v) is 8.25. The number of hydrogen-bond acceptors (Lipinski definition) is 3. The van der Waals surface area contributed by atoms with E-state index in [1.807, 2.05) is 6.92 Å². The van der Waals surface area contributed by atoms with Crippen molar-refractivity contribution in [2.75, 3.05) is 12.4 Å². The second-order valence-corrected chi connectivity index (χ2v) is 6.72. The summed E-state index contributed by atoms with van der Waals surface area (Å²) in [5, 5.41) is 12.3. The Morgan fingerprint density at radius 3 is 2.61 bits per heavy atom. The van der Waals surface area contributed by atoms with Gasteiger partial charge in [0.25, 0.3) is 0 Å². The molecule has 0 aromatic carbocycles. The molecule has 0 bridgehead atoms. The Balaban J connectivity index is 2.19. The molecule has 18 heavy (non-hydrogen) atoms. The van der Waals surface area contributed by atoms with Gasteiger partial charge in [0.05, 0.1) is 5.25 Å². The van der Waals surface area contributed by atoms with E-state index in [4.69, 9.17) is 5.11 Å². The lowest BCUT2D eigenvalue weighted by Crippen LogP contribution is -2.41. The number of nitrogens with one attached hydrogen (secondary N) is 1. The topological polar surface area (TPSA) is 49.3 Å². The summed E-state index contributed by atoms with van der Waals surface area (Å²) in [6.07, 6.45) is 6.49. The first-order valence-electron chi connectivity index (χ1n) is 7.20. The third-order valence-electron chi connectivity index (χ3n) is 3.69. The lowest BCUT2D eigenvalue weighted by molar-refractivity contribution is -0.121. The van der Waals surface area contributed by atoms with Gasteiger partial charge < -0.3 is 10.4 Å². The van der Waals surface area contributed by atoms with Crippen LogP contribution in [0, 0.1) is 5.92 Å². The second-order valence-electron chi connectivity index (χ2n) is 5.28. The molecular weight excluding hydrogens is 246 g/mol. The predicted molar refractivity (Wildman–Crippen MR) is 77.8 cm³/mol. The molecule has 0 aliphatic heterocycles. The molecule has 4 heteroatoms. The highest BCUT2D eigenvalue weighted by molar-refractivity contribution is 8.00. The van der Waals surface area contributed by atoms with Gasteiger partial charge >= 0.3 is 0 Å². The summed E-state index contributed by atoms with van der Waals surface area (Å²) in [4.78, 5) is 12.0. The molecule has 1 aliphatic carbocycles. The molecule has 0 radical (unpaired) electrons. The predicted octanol–water partition coefficient (Wildman–Crippen LogP) is 2.58. The van der Waals surface area contributed by atoms with Crippen LogP contribution in [-0.2, 0) is 4.79 Å². The van der Waals surface area contributed by atoms with Crippen molar-refractivity contribution in [3.8, 4) is 0 Å². The van der Waals surface area contributed by atoms with Gasteiger partial charge in [0.15, 0.2) is 0 Å². The molecule has 1 atom stereocenters. The molecule has 0 heterocycles. The first kappa shape index (κ1) is 15.8. The summed E-state index contributed by atoms with van der Waals surface area (Å²) in [6.45, 7) is 4.46. The van der Waals surface area contributed by atoms with Crippen molar-refractivity contribution in [3.63, 3.8) is 0 Å². The maximum atomic E-state index is 12.0. The molecule has 1 rings (SSSR count). The Morgan fingerprint density at radius 2 is 2.06 bits per heavy atom. The van der Waals surface area contributed by atoms with Gasteiger partial charge in [-0.25, -0.2) is 0 Å². The second kappa shape index (κ2) is 8.81. The van der Waals surface area contributed by atoms with E-state index in [-0.39, 0.29) is 11.2 Å². The van der Waals surface area contributed by atoms with E-state index < -0.39 is 0 Å². The Hall–Kier alpha value is -0.220. The third kappa shape index (κ3) is 5.61. The average molecular weight is 273 g/mol. The van der Waals surface area contributed by atoms with E-state index in [9.17, 15) is 4.79 Å². The van der Waals surface area contributed by atoms with Crippen molar-refractivity contribution < 1.29 is 9.90 Å². The van der Waals surface area contributed by atoms with E-state index in [1.165, 1.54) is 12.8 Å². The van der Waals surface area contributed by atoms with Gasteiger partial charge in [0.2, 0.25) is 5.91 Å².